The Morgan fingerprint density at radius 3 is 2.08 bits per heavy atom. The lowest BCUT2D eigenvalue weighted by molar-refractivity contribution is -0.137. The van der Waals surface area contributed by atoms with Crippen LogP contribution in [0, 0.1) is 0 Å². The Morgan fingerprint density at radius 1 is 0.875 bits per heavy atom. The fourth-order valence-corrected chi connectivity index (χ4v) is 2.05. The number of carbonyl (C=O) groups is 2. The first-order chi connectivity index (χ1) is 11.4. The van der Waals surface area contributed by atoms with Crippen molar-refractivity contribution < 1.29 is 30.0 Å². The summed E-state index contributed by atoms with van der Waals surface area (Å²) in [5.74, 6) is -0.904. The lowest BCUT2D eigenvalue weighted by Crippen LogP contribution is -2.22. The van der Waals surface area contributed by atoms with Gasteiger partial charge in [0.2, 0.25) is 0 Å². The van der Waals surface area contributed by atoms with Crippen molar-refractivity contribution in [2.24, 2.45) is 0 Å². The molecule has 6 nitrogen and oxygen atoms in total. The third-order valence-corrected chi connectivity index (χ3v) is 3.60. The van der Waals surface area contributed by atoms with Crippen molar-refractivity contribution in [2.45, 2.75) is 76.6 Å². The molecule has 3 atom stereocenters. The Labute approximate surface area is 143 Å². The molecule has 0 heterocycles. The molecular weight excluding hydrogens is 312 g/mol. The topological polar surface area (TPSA) is 115 Å². The fourth-order valence-electron chi connectivity index (χ4n) is 2.05. The fraction of sp³-hybridized carbons (Fsp3) is 0.667. The maximum Gasteiger partial charge on any atom is 0.303 e. The van der Waals surface area contributed by atoms with Crippen molar-refractivity contribution >= 4 is 11.8 Å². The van der Waals surface area contributed by atoms with Gasteiger partial charge in [0, 0.05) is 12.8 Å². The van der Waals surface area contributed by atoms with E-state index in [-0.39, 0.29) is 12.2 Å². The summed E-state index contributed by atoms with van der Waals surface area (Å²) >= 11 is 0. The second-order valence-electron chi connectivity index (χ2n) is 5.81. The molecule has 0 amide bonds. The standard InChI is InChI=1S/C18H30O6/c1-2-14(19)10-12-16(21)17(22)13-11-15(20)8-6-4-3-5-7-9-18(23)24/h10-13,15-17,20-22H,2-9H2,1H3,(H,23,24). The minimum atomic E-state index is -1.18. The number of ketones is 1. The van der Waals surface area contributed by atoms with Crippen LogP contribution in [0.3, 0.4) is 0 Å². The Bertz CT molecular complexity index is 416. The van der Waals surface area contributed by atoms with Gasteiger partial charge >= 0.3 is 5.97 Å². The van der Waals surface area contributed by atoms with Crippen LogP contribution in [-0.4, -0.2) is 50.5 Å². The smallest absolute Gasteiger partial charge is 0.303 e. The number of rotatable bonds is 14. The first-order valence-corrected chi connectivity index (χ1v) is 8.52. The highest BCUT2D eigenvalue weighted by molar-refractivity contribution is 5.89. The summed E-state index contributed by atoms with van der Waals surface area (Å²) in [6.45, 7) is 1.71. The predicted octanol–water partition coefficient (Wildman–Crippen LogP) is 1.98. The summed E-state index contributed by atoms with van der Waals surface area (Å²) in [7, 11) is 0. The van der Waals surface area contributed by atoms with Crippen LogP contribution < -0.4 is 0 Å². The van der Waals surface area contributed by atoms with Crippen LogP contribution in [0.5, 0.6) is 0 Å². The predicted molar refractivity (Wildman–Crippen MR) is 91.6 cm³/mol. The summed E-state index contributed by atoms with van der Waals surface area (Å²) in [5.41, 5.74) is 0. The second-order valence-corrected chi connectivity index (χ2v) is 5.81. The maximum atomic E-state index is 11.1. The quantitative estimate of drug-likeness (QED) is 0.218. The minimum Gasteiger partial charge on any atom is -0.481 e. The lowest BCUT2D eigenvalue weighted by atomic mass is 10.1. The first-order valence-electron chi connectivity index (χ1n) is 8.52. The van der Waals surface area contributed by atoms with E-state index in [2.05, 4.69) is 0 Å². The highest BCUT2D eigenvalue weighted by Crippen LogP contribution is 2.10. The zero-order valence-corrected chi connectivity index (χ0v) is 14.3. The molecule has 0 saturated carbocycles. The molecular formula is C18H30O6. The van der Waals surface area contributed by atoms with E-state index in [1.807, 2.05) is 0 Å². The normalized spacial score (nSPS) is 15.7. The SMILES string of the molecule is CCC(=O)C=CC(O)C(O)C=CC(O)CCCCCCCC(=O)O. The highest BCUT2D eigenvalue weighted by atomic mass is 16.4. The molecule has 0 aliphatic carbocycles. The molecule has 138 valence electrons. The van der Waals surface area contributed by atoms with E-state index in [0.29, 0.717) is 19.3 Å². The van der Waals surface area contributed by atoms with Gasteiger partial charge in [-0.2, -0.15) is 0 Å². The van der Waals surface area contributed by atoms with E-state index in [4.69, 9.17) is 5.11 Å². The molecule has 24 heavy (non-hydrogen) atoms. The molecule has 0 aromatic rings. The molecule has 0 aliphatic heterocycles. The Balaban J connectivity index is 3.86. The van der Waals surface area contributed by atoms with E-state index >= 15 is 0 Å². The molecule has 6 heteroatoms. The summed E-state index contributed by atoms with van der Waals surface area (Å²) < 4.78 is 0. The average Bonchev–Trinajstić information content (AvgIpc) is 2.55. The summed E-state index contributed by atoms with van der Waals surface area (Å²) in [6.07, 6.45) is 7.46. The highest BCUT2D eigenvalue weighted by Gasteiger charge is 2.10. The number of carboxylic acid groups (broad SMARTS) is 1. The van der Waals surface area contributed by atoms with Gasteiger partial charge in [0.1, 0.15) is 12.2 Å². The monoisotopic (exact) mass is 342 g/mol. The number of unbranched alkanes of at least 4 members (excludes halogenated alkanes) is 4. The average molecular weight is 342 g/mol. The Kier molecular flexibility index (Phi) is 13.0. The van der Waals surface area contributed by atoms with Crippen LogP contribution in [0.2, 0.25) is 0 Å². The second kappa shape index (κ2) is 13.9. The molecule has 0 aromatic carbocycles. The van der Waals surface area contributed by atoms with E-state index in [1.165, 1.54) is 24.3 Å². The van der Waals surface area contributed by atoms with Crippen molar-refractivity contribution in [1.29, 1.82) is 0 Å². The molecule has 0 rings (SSSR count). The van der Waals surface area contributed by atoms with Crippen molar-refractivity contribution in [3.8, 4) is 0 Å². The molecule has 0 bridgehead atoms. The van der Waals surface area contributed by atoms with Crippen molar-refractivity contribution in [1.82, 2.24) is 0 Å². The number of hydrogen-bond acceptors (Lipinski definition) is 5. The van der Waals surface area contributed by atoms with Gasteiger partial charge in [-0.25, -0.2) is 0 Å². The molecule has 0 aromatic heterocycles. The van der Waals surface area contributed by atoms with E-state index in [0.717, 1.165) is 25.7 Å². The number of hydrogen-bond donors (Lipinski definition) is 4. The molecule has 3 unspecified atom stereocenters. The number of carbonyl (C=O) groups excluding carboxylic acids is 1. The first kappa shape index (κ1) is 22.5. The molecule has 0 saturated heterocycles. The lowest BCUT2D eigenvalue weighted by Gasteiger charge is -2.11. The van der Waals surface area contributed by atoms with Crippen LogP contribution in [-0.2, 0) is 9.59 Å². The van der Waals surface area contributed by atoms with Crippen LogP contribution in [0.15, 0.2) is 24.3 Å². The van der Waals surface area contributed by atoms with Gasteiger partial charge in [0.05, 0.1) is 6.10 Å². The van der Waals surface area contributed by atoms with E-state index in [1.54, 1.807) is 6.92 Å². The van der Waals surface area contributed by atoms with Crippen molar-refractivity contribution in [3.63, 3.8) is 0 Å². The third-order valence-electron chi connectivity index (χ3n) is 3.60. The van der Waals surface area contributed by atoms with Gasteiger partial charge < -0.3 is 20.4 Å². The number of carboxylic acids is 1. The third kappa shape index (κ3) is 13.0. The molecule has 0 radical (unpaired) electrons. The van der Waals surface area contributed by atoms with Crippen LogP contribution >= 0.6 is 0 Å². The van der Waals surface area contributed by atoms with Crippen molar-refractivity contribution in [3.05, 3.63) is 24.3 Å². The Morgan fingerprint density at radius 2 is 1.46 bits per heavy atom. The van der Waals surface area contributed by atoms with Crippen LogP contribution in [0.1, 0.15) is 58.3 Å². The molecule has 4 N–H and O–H groups in total. The summed E-state index contributed by atoms with van der Waals surface area (Å²) in [6, 6.07) is 0. The van der Waals surface area contributed by atoms with Gasteiger partial charge in [-0.15, -0.1) is 0 Å². The Hall–Kier alpha value is -1.50. The van der Waals surface area contributed by atoms with Gasteiger partial charge in [-0.1, -0.05) is 44.8 Å². The number of aliphatic carboxylic acids is 1. The molecule has 0 fully saturated rings. The van der Waals surface area contributed by atoms with Gasteiger partial charge in [-0.3, -0.25) is 9.59 Å². The minimum absolute atomic E-state index is 0.131. The van der Waals surface area contributed by atoms with Crippen LogP contribution in [0.4, 0.5) is 0 Å². The van der Waals surface area contributed by atoms with Gasteiger partial charge in [0.15, 0.2) is 5.78 Å². The zero-order valence-electron chi connectivity index (χ0n) is 14.3. The van der Waals surface area contributed by atoms with E-state index in [9.17, 15) is 24.9 Å². The summed E-state index contributed by atoms with van der Waals surface area (Å²) in [4.78, 5) is 21.4. The van der Waals surface area contributed by atoms with Crippen LogP contribution in [0.25, 0.3) is 0 Å². The zero-order chi connectivity index (χ0) is 18.4. The summed E-state index contributed by atoms with van der Waals surface area (Å²) in [5, 5.41) is 37.6. The number of aliphatic hydroxyl groups excluding tert-OH is 3. The molecule has 0 spiro atoms. The van der Waals surface area contributed by atoms with E-state index < -0.39 is 24.3 Å². The molecule has 0 aliphatic rings. The number of aliphatic hydroxyl groups is 3. The van der Waals surface area contributed by atoms with Crippen molar-refractivity contribution in [2.75, 3.05) is 0 Å². The largest absolute Gasteiger partial charge is 0.481 e. The van der Waals surface area contributed by atoms with Gasteiger partial charge in [-0.05, 0) is 25.0 Å². The van der Waals surface area contributed by atoms with Gasteiger partial charge in [0.25, 0.3) is 0 Å². The maximum absolute atomic E-state index is 11.1. The number of allylic oxidation sites excluding steroid dienone is 1.